The minimum Gasteiger partial charge on any atom is -0.478 e. The van der Waals surface area contributed by atoms with Gasteiger partial charge in [-0.15, -0.1) is 0 Å². The van der Waals surface area contributed by atoms with Crippen LogP contribution in [0.25, 0.3) is 0 Å². The van der Waals surface area contributed by atoms with Crippen LogP contribution in [-0.2, 0) is 13.1 Å². The van der Waals surface area contributed by atoms with Gasteiger partial charge in [0.25, 0.3) is 0 Å². The maximum Gasteiger partial charge on any atom is 0.335 e. The molecular weight excluding hydrogens is 242 g/mol. The number of anilines is 1. The Bertz CT molecular complexity index is 590. The van der Waals surface area contributed by atoms with Gasteiger partial charge in [-0.1, -0.05) is 0 Å². The van der Waals surface area contributed by atoms with Gasteiger partial charge >= 0.3 is 5.97 Å². The number of nitrogens with zero attached hydrogens (tertiary/aromatic N) is 2. The lowest BCUT2D eigenvalue weighted by Gasteiger charge is -2.11. The molecule has 0 aliphatic rings. The zero-order valence-electron chi connectivity index (χ0n) is 11.1. The number of nitrogens with one attached hydrogen (secondary N) is 1. The minimum atomic E-state index is -0.906. The van der Waals surface area contributed by atoms with Crippen LogP contribution in [0.3, 0.4) is 0 Å². The van der Waals surface area contributed by atoms with Gasteiger partial charge < -0.3 is 15.0 Å². The van der Waals surface area contributed by atoms with Crippen LogP contribution in [0.15, 0.2) is 30.6 Å². The number of carbonyl (C=O) groups is 1. The first kappa shape index (κ1) is 13.1. The summed E-state index contributed by atoms with van der Waals surface area (Å²) in [5, 5.41) is 12.2. The van der Waals surface area contributed by atoms with Crippen LogP contribution in [-0.4, -0.2) is 20.6 Å². The van der Waals surface area contributed by atoms with Crippen molar-refractivity contribution in [2.75, 3.05) is 5.32 Å². The highest BCUT2D eigenvalue weighted by atomic mass is 16.4. The number of aryl methyl sites for hydroxylation is 2. The molecule has 100 valence electrons. The van der Waals surface area contributed by atoms with E-state index in [0.717, 1.165) is 23.6 Å². The molecule has 0 aliphatic heterocycles. The number of rotatable bonds is 5. The van der Waals surface area contributed by atoms with Crippen LogP contribution in [0, 0.1) is 6.92 Å². The van der Waals surface area contributed by atoms with E-state index in [4.69, 9.17) is 5.11 Å². The second-order valence-corrected chi connectivity index (χ2v) is 4.32. The van der Waals surface area contributed by atoms with Gasteiger partial charge in [0.2, 0.25) is 0 Å². The normalized spacial score (nSPS) is 10.4. The van der Waals surface area contributed by atoms with Crippen molar-refractivity contribution in [3.05, 3.63) is 47.5 Å². The number of aromatic carboxylic acids is 1. The van der Waals surface area contributed by atoms with E-state index in [0.29, 0.717) is 12.1 Å². The summed E-state index contributed by atoms with van der Waals surface area (Å²) in [5.41, 5.74) is 2.14. The average molecular weight is 259 g/mol. The molecule has 2 N–H and O–H groups in total. The number of hydrogen-bond donors (Lipinski definition) is 2. The van der Waals surface area contributed by atoms with Crippen molar-refractivity contribution in [2.45, 2.75) is 26.9 Å². The Morgan fingerprint density at radius 1 is 1.47 bits per heavy atom. The predicted octanol–water partition coefficient (Wildman–Crippen LogP) is 2.52. The lowest BCUT2D eigenvalue weighted by atomic mass is 10.1. The molecule has 19 heavy (non-hydrogen) atoms. The van der Waals surface area contributed by atoms with Crippen LogP contribution in [0.2, 0.25) is 0 Å². The maximum absolute atomic E-state index is 10.9. The summed E-state index contributed by atoms with van der Waals surface area (Å²) in [4.78, 5) is 15.1. The molecule has 0 aliphatic carbocycles. The molecule has 0 amide bonds. The van der Waals surface area contributed by atoms with Gasteiger partial charge in [0.1, 0.15) is 5.82 Å². The predicted molar refractivity (Wildman–Crippen MR) is 73.4 cm³/mol. The smallest absolute Gasteiger partial charge is 0.335 e. The molecule has 0 spiro atoms. The topological polar surface area (TPSA) is 67.2 Å². The Hall–Kier alpha value is -2.30. The number of imidazole rings is 1. The summed E-state index contributed by atoms with van der Waals surface area (Å²) in [5.74, 6) is 0.0559. The first-order chi connectivity index (χ1) is 9.11. The van der Waals surface area contributed by atoms with Gasteiger partial charge in [0.05, 0.1) is 12.1 Å². The molecule has 0 bridgehead atoms. The summed E-state index contributed by atoms with van der Waals surface area (Å²) in [6, 6.07) is 5.05. The Labute approximate surface area is 111 Å². The van der Waals surface area contributed by atoms with Crippen molar-refractivity contribution in [2.24, 2.45) is 0 Å². The number of carboxylic acids is 1. The molecule has 0 saturated carbocycles. The van der Waals surface area contributed by atoms with Crippen molar-refractivity contribution in [1.29, 1.82) is 0 Å². The van der Waals surface area contributed by atoms with E-state index < -0.39 is 5.97 Å². The molecule has 0 saturated heterocycles. The monoisotopic (exact) mass is 259 g/mol. The quantitative estimate of drug-likeness (QED) is 0.865. The zero-order chi connectivity index (χ0) is 13.8. The molecule has 2 rings (SSSR count). The third-order valence-electron chi connectivity index (χ3n) is 3.05. The number of aromatic nitrogens is 2. The van der Waals surface area contributed by atoms with E-state index in [9.17, 15) is 4.79 Å². The summed E-state index contributed by atoms with van der Waals surface area (Å²) < 4.78 is 2.06. The van der Waals surface area contributed by atoms with Crippen molar-refractivity contribution < 1.29 is 9.90 Å². The molecule has 2 aromatic rings. The molecule has 1 aromatic carbocycles. The molecule has 0 atom stereocenters. The molecule has 1 heterocycles. The van der Waals surface area contributed by atoms with E-state index in [-0.39, 0.29) is 0 Å². The van der Waals surface area contributed by atoms with Crippen LogP contribution < -0.4 is 5.32 Å². The van der Waals surface area contributed by atoms with E-state index in [1.165, 1.54) is 0 Å². The third-order valence-corrected chi connectivity index (χ3v) is 3.05. The lowest BCUT2D eigenvalue weighted by Crippen LogP contribution is -2.08. The average Bonchev–Trinajstić information content (AvgIpc) is 2.84. The first-order valence-electron chi connectivity index (χ1n) is 6.19. The Kier molecular flexibility index (Phi) is 3.85. The van der Waals surface area contributed by atoms with Crippen LogP contribution >= 0.6 is 0 Å². The lowest BCUT2D eigenvalue weighted by molar-refractivity contribution is 0.0697. The molecule has 1 aromatic heterocycles. The van der Waals surface area contributed by atoms with E-state index in [1.807, 2.05) is 13.1 Å². The fourth-order valence-corrected chi connectivity index (χ4v) is 1.96. The van der Waals surface area contributed by atoms with Crippen LogP contribution in [0.1, 0.15) is 28.7 Å². The summed E-state index contributed by atoms with van der Waals surface area (Å²) in [7, 11) is 0. The Morgan fingerprint density at radius 3 is 2.89 bits per heavy atom. The molecule has 0 fully saturated rings. The van der Waals surface area contributed by atoms with Crippen molar-refractivity contribution in [3.63, 3.8) is 0 Å². The van der Waals surface area contributed by atoms with Gasteiger partial charge in [-0.3, -0.25) is 0 Å². The number of benzene rings is 1. The highest BCUT2D eigenvalue weighted by molar-refractivity contribution is 5.88. The molecule has 5 heteroatoms. The van der Waals surface area contributed by atoms with Crippen LogP contribution in [0.5, 0.6) is 0 Å². The molecular formula is C14H17N3O2. The number of carboxylic acid groups (broad SMARTS) is 1. The summed E-state index contributed by atoms with van der Waals surface area (Å²) >= 11 is 0. The van der Waals surface area contributed by atoms with Gasteiger partial charge in [0, 0.05) is 24.6 Å². The van der Waals surface area contributed by atoms with E-state index in [1.54, 1.807) is 24.4 Å². The van der Waals surface area contributed by atoms with Gasteiger partial charge in [-0.05, 0) is 37.6 Å². The summed E-state index contributed by atoms with van der Waals surface area (Å²) in [6.07, 6.45) is 3.72. The summed E-state index contributed by atoms with van der Waals surface area (Å²) in [6.45, 7) is 5.46. The van der Waals surface area contributed by atoms with Crippen molar-refractivity contribution in [3.8, 4) is 0 Å². The molecule has 0 unspecified atom stereocenters. The minimum absolute atomic E-state index is 0.304. The van der Waals surface area contributed by atoms with Gasteiger partial charge in [-0.2, -0.15) is 0 Å². The Morgan fingerprint density at radius 2 is 2.26 bits per heavy atom. The second kappa shape index (κ2) is 5.56. The van der Waals surface area contributed by atoms with E-state index >= 15 is 0 Å². The van der Waals surface area contributed by atoms with Gasteiger partial charge in [0.15, 0.2) is 0 Å². The fraction of sp³-hybridized carbons (Fsp3) is 0.286. The highest BCUT2D eigenvalue weighted by Crippen LogP contribution is 2.17. The van der Waals surface area contributed by atoms with Crippen molar-refractivity contribution >= 4 is 11.7 Å². The Balaban J connectivity index is 2.10. The highest BCUT2D eigenvalue weighted by Gasteiger charge is 2.06. The largest absolute Gasteiger partial charge is 0.478 e. The molecule has 0 radical (unpaired) electrons. The third kappa shape index (κ3) is 2.93. The second-order valence-electron chi connectivity index (χ2n) is 4.32. The fourth-order valence-electron chi connectivity index (χ4n) is 1.96. The van der Waals surface area contributed by atoms with Gasteiger partial charge in [-0.25, -0.2) is 9.78 Å². The molecule has 5 nitrogen and oxygen atoms in total. The maximum atomic E-state index is 10.9. The standard InChI is InChI=1S/C14H17N3O2/c1-3-17-7-6-15-13(17)9-16-12-5-4-11(14(18)19)8-10(12)2/h4-8,16H,3,9H2,1-2H3,(H,18,19). The van der Waals surface area contributed by atoms with Crippen molar-refractivity contribution in [1.82, 2.24) is 9.55 Å². The van der Waals surface area contributed by atoms with Crippen LogP contribution in [0.4, 0.5) is 5.69 Å². The SMILES string of the molecule is CCn1ccnc1CNc1ccc(C(=O)O)cc1C. The number of hydrogen-bond acceptors (Lipinski definition) is 3. The van der Waals surface area contributed by atoms with E-state index in [2.05, 4.69) is 21.8 Å². The first-order valence-corrected chi connectivity index (χ1v) is 6.19. The zero-order valence-corrected chi connectivity index (χ0v) is 11.1.